The summed E-state index contributed by atoms with van der Waals surface area (Å²) < 4.78 is 1.66. The second-order valence-corrected chi connectivity index (χ2v) is 7.97. The zero-order chi connectivity index (χ0) is 19.6. The SMILES string of the molecule is O=c1ccc(-c2cccnc2)nn1C1CCC(Nc2ccnc(C3CC3)n2)CC1. The zero-order valence-electron chi connectivity index (χ0n) is 16.2. The van der Waals surface area contributed by atoms with E-state index in [1.54, 1.807) is 29.2 Å². The minimum Gasteiger partial charge on any atom is -0.367 e. The lowest BCUT2D eigenvalue weighted by atomic mass is 9.91. The molecule has 0 unspecified atom stereocenters. The molecule has 2 aliphatic rings. The second-order valence-electron chi connectivity index (χ2n) is 7.97. The average Bonchev–Trinajstić information content (AvgIpc) is 3.61. The van der Waals surface area contributed by atoms with Crippen molar-refractivity contribution in [3.63, 3.8) is 0 Å². The topological polar surface area (TPSA) is 85.6 Å². The normalized spacial score (nSPS) is 21.7. The summed E-state index contributed by atoms with van der Waals surface area (Å²) >= 11 is 0. The van der Waals surface area contributed by atoms with Crippen LogP contribution >= 0.6 is 0 Å². The van der Waals surface area contributed by atoms with Gasteiger partial charge in [0, 0.05) is 42.2 Å². The molecule has 7 nitrogen and oxygen atoms in total. The summed E-state index contributed by atoms with van der Waals surface area (Å²) in [6.07, 6.45) is 11.6. The molecular formula is C22H24N6O. The molecule has 0 spiro atoms. The predicted octanol–water partition coefficient (Wildman–Crippen LogP) is 3.57. The van der Waals surface area contributed by atoms with Gasteiger partial charge in [0.1, 0.15) is 11.6 Å². The van der Waals surface area contributed by atoms with E-state index < -0.39 is 0 Å². The number of hydrogen-bond donors (Lipinski definition) is 1. The van der Waals surface area contributed by atoms with Crippen LogP contribution in [0.4, 0.5) is 5.82 Å². The van der Waals surface area contributed by atoms with E-state index in [2.05, 4.69) is 25.4 Å². The summed E-state index contributed by atoms with van der Waals surface area (Å²) in [6, 6.07) is 9.67. The average molecular weight is 388 g/mol. The molecule has 0 bridgehead atoms. The maximum atomic E-state index is 12.4. The van der Waals surface area contributed by atoms with Gasteiger partial charge in [-0.15, -0.1) is 0 Å². The fourth-order valence-corrected chi connectivity index (χ4v) is 4.02. The van der Waals surface area contributed by atoms with Crippen LogP contribution in [0.5, 0.6) is 0 Å². The Morgan fingerprint density at radius 3 is 2.59 bits per heavy atom. The van der Waals surface area contributed by atoms with Gasteiger partial charge in [-0.3, -0.25) is 9.78 Å². The smallest absolute Gasteiger partial charge is 0.267 e. The largest absolute Gasteiger partial charge is 0.367 e. The highest BCUT2D eigenvalue weighted by Gasteiger charge is 2.27. The Balaban J connectivity index is 1.26. The zero-order valence-corrected chi connectivity index (χ0v) is 16.2. The Morgan fingerprint density at radius 1 is 0.966 bits per heavy atom. The lowest BCUT2D eigenvalue weighted by Crippen LogP contribution is -2.33. The van der Waals surface area contributed by atoms with Gasteiger partial charge < -0.3 is 5.32 Å². The van der Waals surface area contributed by atoms with Crippen LogP contribution in [0.15, 0.2) is 53.7 Å². The molecule has 0 radical (unpaired) electrons. The van der Waals surface area contributed by atoms with Gasteiger partial charge in [0.25, 0.3) is 5.56 Å². The van der Waals surface area contributed by atoms with Crippen molar-refractivity contribution in [2.75, 3.05) is 5.32 Å². The van der Waals surface area contributed by atoms with Crippen molar-refractivity contribution in [3.8, 4) is 11.3 Å². The molecule has 7 heteroatoms. The molecule has 0 amide bonds. The number of pyridine rings is 1. The maximum Gasteiger partial charge on any atom is 0.267 e. The van der Waals surface area contributed by atoms with E-state index in [0.29, 0.717) is 12.0 Å². The van der Waals surface area contributed by atoms with Crippen molar-refractivity contribution in [1.29, 1.82) is 0 Å². The molecule has 148 valence electrons. The summed E-state index contributed by atoms with van der Waals surface area (Å²) in [6.45, 7) is 0. The number of hydrogen-bond acceptors (Lipinski definition) is 6. The number of aromatic nitrogens is 5. The van der Waals surface area contributed by atoms with Crippen LogP contribution in [0.25, 0.3) is 11.3 Å². The molecule has 0 saturated heterocycles. The van der Waals surface area contributed by atoms with Crippen molar-refractivity contribution < 1.29 is 0 Å². The first kappa shape index (κ1) is 18.0. The van der Waals surface area contributed by atoms with Gasteiger partial charge in [0.2, 0.25) is 0 Å². The van der Waals surface area contributed by atoms with E-state index in [1.165, 1.54) is 12.8 Å². The third-order valence-electron chi connectivity index (χ3n) is 5.79. The molecule has 3 aromatic rings. The van der Waals surface area contributed by atoms with E-state index in [1.807, 2.05) is 24.4 Å². The van der Waals surface area contributed by atoms with Gasteiger partial charge in [-0.1, -0.05) is 0 Å². The van der Waals surface area contributed by atoms with Crippen LogP contribution in [-0.2, 0) is 0 Å². The standard InChI is InChI=1S/C22H24N6O/c29-21-10-9-19(16-2-1-12-23-14-16)27-28(21)18-7-5-17(6-8-18)25-20-11-13-24-22(26-20)15-3-4-15/h1-2,9-15,17-18H,3-8H2,(H,24,25,26). The Morgan fingerprint density at radius 2 is 1.83 bits per heavy atom. The minimum absolute atomic E-state index is 0.0427. The van der Waals surface area contributed by atoms with Crippen molar-refractivity contribution in [1.82, 2.24) is 24.7 Å². The number of nitrogens with one attached hydrogen (secondary N) is 1. The van der Waals surface area contributed by atoms with Gasteiger partial charge >= 0.3 is 0 Å². The first-order valence-electron chi connectivity index (χ1n) is 10.4. The molecule has 2 saturated carbocycles. The van der Waals surface area contributed by atoms with Crippen LogP contribution < -0.4 is 10.9 Å². The Hall–Kier alpha value is -3.09. The van der Waals surface area contributed by atoms with Crippen molar-refractivity contribution in [2.24, 2.45) is 0 Å². The Kier molecular flexibility index (Phi) is 4.79. The van der Waals surface area contributed by atoms with Gasteiger partial charge in [-0.05, 0) is 62.8 Å². The Labute approximate surface area is 169 Å². The molecule has 3 heterocycles. The highest BCUT2D eigenvalue weighted by atomic mass is 16.1. The number of anilines is 1. The van der Waals surface area contributed by atoms with Crippen LogP contribution in [0.3, 0.4) is 0 Å². The summed E-state index contributed by atoms with van der Waals surface area (Å²) in [4.78, 5) is 25.6. The van der Waals surface area contributed by atoms with E-state index in [4.69, 9.17) is 0 Å². The maximum absolute atomic E-state index is 12.4. The first-order valence-corrected chi connectivity index (χ1v) is 10.4. The van der Waals surface area contributed by atoms with Crippen LogP contribution in [-0.4, -0.2) is 30.8 Å². The van der Waals surface area contributed by atoms with Crippen LogP contribution in [0.2, 0.25) is 0 Å². The monoisotopic (exact) mass is 388 g/mol. The van der Waals surface area contributed by atoms with E-state index in [-0.39, 0.29) is 11.6 Å². The predicted molar refractivity (Wildman–Crippen MR) is 111 cm³/mol. The lowest BCUT2D eigenvalue weighted by molar-refractivity contribution is 0.304. The highest BCUT2D eigenvalue weighted by molar-refractivity contribution is 5.56. The summed E-state index contributed by atoms with van der Waals surface area (Å²) in [5, 5.41) is 8.20. The summed E-state index contributed by atoms with van der Waals surface area (Å²) in [7, 11) is 0. The number of rotatable bonds is 5. The lowest BCUT2D eigenvalue weighted by Gasteiger charge is -2.30. The fraction of sp³-hybridized carbons (Fsp3) is 0.409. The van der Waals surface area contributed by atoms with Gasteiger partial charge in [-0.25, -0.2) is 14.6 Å². The third kappa shape index (κ3) is 4.04. The summed E-state index contributed by atoms with van der Waals surface area (Å²) in [5.41, 5.74) is 1.66. The third-order valence-corrected chi connectivity index (χ3v) is 5.79. The minimum atomic E-state index is -0.0427. The van der Waals surface area contributed by atoms with Crippen LogP contribution in [0.1, 0.15) is 56.3 Å². The molecule has 0 atom stereocenters. The highest BCUT2D eigenvalue weighted by Crippen LogP contribution is 2.38. The van der Waals surface area contributed by atoms with E-state index >= 15 is 0 Å². The molecule has 0 aromatic carbocycles. The molecule has 2 fully saturated rings. The van der Waals surface area contributed by atoms with E-state index in [0.717, 1.165) is 48.6 Å². The number of nitrogens with zero attached hydrogens (tertiary/aromatic N) is 5. The van der Waals surface area contributed by atoms with Crippen LogP contribution in [0, 0.1) is 0 Å². The van der Waals surface area contributed by atoms with Gasteiger partial charge in [0.05, 0.1) is 11.7 Å². The van der Waals surface area contributed by atoms with E-state index in [9.17, 15) is 4.79 Å². The first-order chi connectivity index (χ1) is 14.3. The van der Waals surface area contributed by atoms with Crippen molar-refractivity contribution in [3.05, 3.63) is 65.1 Å². The quantitative estimate of drug-likeness (QED) is 0.719. The summed E-state index contributed by atoms with van der Waals surface area (Å²) in [5.74, 6) is 2.43. The Bertz CT molecular complexity index is 1040. The van der Waals surface area contributed by atoms with Gasteiger partial charge in [0.15, 0.2) is 0 Å². The second kappa shape index (κ2) is 7.73. The molecule has 1 N–H and O–H groups in total. The molecule has 2 aliphatic carbocycles. The molecule has 5 rings (SSSR count). The fourth-order valence-electron chi connectivity index (χ4n) is 4.02. The molecule has 0 aliphatic heterocycles. The molecular weight excluding hydrogens is 364 g/mol. The molecule has 29 heavy (non-hydrogen) atoms. The van der Waals surface area contributed by atoms with Crippen molar-refractivity contribution >= 4 is 5.82 Å². The van der Waals surface area contributed by atoms with Crippen molar-refractivity contribution in [2.45, 2.75) is 56.5 Å². The van der Waals surface area contributed by atoms with Gasteiger partial charge in [-0.2, -0.15) is 5.10 Å². The molecule has 3 aromatic heterocycles.